The highest BCUT2D eigenvalue weighted by molar-refractivity contribution is 5.92. The number of halogens is 2. The van der Waals surface area contributed by atoms with E-state index < -0.39 is 17.3 Å². The predicted octanol–water partition coefficient (Wildman–Crippen LogP) is 2.76. The minimum absolute atomic E-state index is 0.0453. The fraction of sp³-hybridized carbons (Fsp3) is 0.429. The molecule has 7 heteroatoms. The van der Waals surface area contributed by atoms with E-state index in [0.29, 0.717) is 17.5 Å². The standard InChI is InChI=1S/C14H12F2N2O3/c15-14(16)4-3-13(14)6-18(7-13)12-17-9-2-1-8(11(19)20)5-10(9)21-12/h1-2,5H,3-4,6-7H2,(H,19,20). The van der Waals surface area contributed by atoms with Crippen LogP contribution < -0.4 is 4.90 Å². The zero-order valence-electron chi connectivity index (χ0n) is 11.0. The van der Waals surface area contributed by atoms with Gasteiger partial charge in [0, 0.05) is 19.5 Å². The maximum Gasteiger partial charge on any atom is 0.335 e. The number of benzene rings is 1. The molecule has 1 aliphatic heterocycles. The lowest BCUT2D eigenvalue weighted by Gasteiger charge is -2.59. The van der Waals surface area contributed by atoms with E-state index in [1.165, 1.54) is 12.1 Å². The molecule has 0 unspecified atom stereocenters. The normalized spacial score (nSPS) is 22.1. The van der Waals surface area contributed by atoms with Gasteiger partial charge < -0.3 is 14.4 Å². The van der Waals surface area contributed by atoms with Crippen LogP contribution in [-0.2, 0) is 0 Å². The summed E-state index contributed by atoms with van der Waals surface area (Å²) in [5.41, 5.74) is 0.0678. The van der Waals surface area contributed by atoms with Gasteiger partial charge in [0.05, 0.1) is 11.0 Å². The molecular weight excluding hydrogens is 282 g/mol. The second-order valence-electron chi connectivity index (χ2n) is 5.82. The summed E-state index contributed by atoms with van der Waals surface area (Å²) in [6, 6.07) is 4.66. The number of carboxylic acids is 1. The average molecular weight is 294 g/mol. The smallest absolute Gasteiger partial charge is 0.335 e. The Morgan fingerprint density at radius 2 is 2.10 bits per heavy atom. The highest BCUT2D eigenvalue weighted by atomic mass is 19.3. The van der Waals surface area contributed by atoms with Crippen LogP contribution in [0.3, 0.4) is 0 Å². The van der Waals surface area contributed by atoms with Crippen LogP contribution in [0.5, 0.6) is 0 Å². The molecule has 1 N–H and O–H groups in total. The van der Waals surface area contributed by atoms with Gasteiger partial charge in [0.2, 0.25) is 0 Å². The van der Waals surface area contributed by atoms with Crippen LogP contribution in [0, 0.1) is 5.41 Å². The number of aromatic carboxylic acids is 1. The van der Waals surface area contributed by atoms with Gasteiger partial charge >= 0.3 is 5.97 Å². The van der Waals surface area contributed by atoms with Gasteiger partial charge in [-0.1, -0.05) is 0 Å². The molecule has 1 saturated heterocycles. The third-order valence-corrected chi connectivity index (χ3v) is 4.58. The first-order valence-corrected chi connectivity index (χ1v) is 6.67. The van der Waals surface area contributed by atoms with Crippen LogP contribution in [0.25, 0.3) is 11.1 Å². The fourth-order valence-corrected chi connectivity index (χ4v) is 3.06. The summed E-state index contributed by atoms with van der Waals surface area (Å²) in [5, 5.41) is 8.93. The molecule has 0 radical (unpaired) electrons. The third kappa shape index (κ3) is 1.60. The van der Waals surface area contributed by atoms with Crippen molar-refractivity contribution in [1.29, 1.82) is 0 Å². The molecule has 2 heterocycles. The second kappa shape index (κ2) is 3.72. The van der Waals surface area contributed by atoms with Crippen molar-refractivity contribution in [2.75, 3.05) is 18.0 Å². The fourth-order valence-electron chi connectivity index (χ4n) is 3.06. The minimum Gasteiger partial charge on any atom is -0.478 e. The summed E-state index contributed by atoms with van der Waals surface area (Å²) in [6.07, 6.45) is 0.482. The molecule has 4 rings (SSSR count). The van der Waals surface area contributed by atoms with Gasteiger partial charge in [-0.15, -0.1) is 0 Å². The van der Waals surface area contributed by atoms with E-state index in [1.807, 2.05) is 0 Å². The molecule has 21 heavy (non-hydrogen) atoms. The number of hydrogen-bond donors (Lipinski definition) is 1. The quantitative estimate of drug-likeness (QED) is 0.922. The van der Waals surface area contributed by atoms with Crippen LogP contribution in [-0.4, -0.2) is 35.1 Å². The highest BCUT2D eigenvalue weighted by Gasteiger charge is 2.67. The first-order valence-electron chi connectivity index (χ1n) is 6.67. The van der Waals surface area contributed by atoms with Crippen LogP contribution >= 0.6 is 0 Å². The Kier molecular flexibility index (Phi) is 2.22. The van der Waals surface area contributed by atoms with Gasteiger partial charge in [-0.25, -0.2) is 13.6 Å². The van der Waals surface area contributed by atoms with Crippen molar-refractivity contribution in [2.45, 2.75) is 18.8 Å². The monoisotopic (exact) mass is 294 g/mol. The van der Waals surface area contributed by atoms with E-state index in [2.05, 4.69) is 4.98 Å². The molecule has 0 amide bonds. The summed E-state index contributed by atoms with van der Waals surface area (Å²) in [5.74, 6) is -3.64. The van der Waals surface area contributed by atoms with E-state index in [1.54, 1.807) is 11.0 Å². The van der Waals surface area contributed by atoms with E-state index >= 15 is 0 Å². The molecule has 1 aromatic carbocycles. The second-order valence-corrected chi connectivity index (χ2v) is 5.82. The van der Waals surface area contributed by atoms with Crippen molar-refractivity contribution in [1.82, 2.24) is 4.98 Å². The van der Waals surface area contributed by atoms with Crippen LogP contribution in [0.1, 0.15) is 23.2 Å². The Morgan fingerprint density at radius 3 is 2.67 bits per heavy atom. The number of hydrogen-bond acceptors (Lipinski definition) is 4. The summed E-state index contributed by atoms with van der Waals surface area (Å²) < 4.78 is 32.6. The number of nitrogens with zero attached hydrogens (tertiary/aromatic N) is 2. The van der Waals surface area contributed by atoms with Crippen molar-refractivity contribution >= 4 is 23.1 Å². The molecule has 1 saturated carbocycles. The molecule has 0 atom stereocenters. The Hall–Kier alpha value is -2.18. The van der Waals surface area contributed by atoms with Crippen LogP contribution in [0.15, 0.2) is 22.6 Å². The summed E-state index contributed by atoms with van der Waals surface area (Å²) in [4.78, 5) is 16.8. The summed E-state index contributed by atoms with van der Waals surface area (Å²) >= 11 is 0. The molecule has 2 aromatic rings. The van der Waals surface area contributed by atoms with E-state index in [0.717, 1.165) is 0 Å². The van der Waals surface area contributed by atoms with Gasteiger partial charge in [-0.2, -0.15) is 4.98 Å². The average Bonchev–Trinajstić information content (AvgIpc) is 2.78. The third-order valence-electron chi connectivity index (χ3n) is 4.58. The van der Waals surface area contributed by atoms with Gasteiger partial charge in [0.25, 0.3) is 11.9 Å². The van der Waals surface area contributed by atoms with E-state index in [4.69, 9.17) is 9.52 Å². The largest absolute Gasteiger partial charge is 0.478 e. The van der Waals surface area contributed by atoms with Gasteiger partial charge in [-0.05, 0) is 24.6 Å². The highest BCUT2D eigenvalue weighted by Crippen LogP contribution is 2.59. The Balaban J connectivity index is 1.60. The molecule has 2 aliphatic rings. The lowest BCUT2D eigenvalue weighted by molar-refractivity contribution is -0.213. The predicted molar refractivity (Wildman–Crippen MR) is 69.8 cm³/mol. The Labute approximate surface area is 118 Å². The first kappa shape index (κ1) is 12.6. The minimum atomic E-state index is -2.59. The number of alkyl halides is 2. The van der Waals surface area contributed by atoms with Gasteiger partial charge in [0.15, 0.2) is 5.58 Å². The lowest BCUT2D eigenvalue weighted by Crippen LogP contribution is -2.70. The number of aromatic nitrogens is 1. The number of fused-ring (bicyclic) bond motifs is 1. The Morgan fingerprint density at radius 1 is 1.33 bits per heavy atom. The molecule has 110 valence electrons. The molecule has 2 fully saturated rings. The Bertz CT molecular complexity index is 750. The lowest BCUT2D eigenvalue weighted by atomic mass is 9.60. The van der Waals surface area contributed by atoms with Gasteiger partial charge in [-0.3, -0.25) is 0 Å². The molecule has 1 aliphatic carbocycles. The van der Waals surface area contributed by atoms with Crippen LogP contribution in [0.4, 0.5) is 14.8 Å². The van der Waals surface area contributed by atoms with Crippen molar-refractivity contribution in [3.05, 3.63) is 23.8 Å². The first-order chi connectivity index (χ1) is 9.90. The zero-order chi connectivity index (χ0) is 14.8. The van der Waals surface area contributed by atoms with Gasteiger partial charge in [0.1, 0.15) is 5.52 Å². The SMILES string of the molecule is O=C(O)c1ccc2nc(N3CC4(CCC4(F)F)C3)oc2c1. The summed E-state index contributed by atoms with van der Waals surface area (Å²) in [6.45, 7) is 0.469. The zero-order valence-corrected chi connectivity index (χ0v) is 11.0. The van der Waals surface area contributed by atoms with E-state index in [-0.39, 0.29) is 31.1 Å². The maximum atomic E-state index is 13.5. The van der Waals surface area contributed by atoms with Crippen molar-refractivity contribution in [3.63, 3.8) is 0 Å². The maximum absolute atomic E-state index is 13.5. The molecule has 1 spiro atoms. The van der Waals surface area contributed by atoms with Crippen molar-refractivity contribution in [3.8, 4) is 0 Å². The number of carbonyl (C=O) groups is 1. The number of rotatable bonds is 2. The van der Waals surface area contributed by atoms with Crippen LogP contribution in [0.2, 0.25) is 0 Å². The topological polar surface area (TPSA) is 66.6 Å². The number of carboxylic acid groups (broad SMARTS) is 1. The number of anilines is 1. The van der Waals surface area contributed by atoms with Crippen molar-refractivity contribution in [2.24, 2.45) is 5.41 Å². The molecule has 1 aromatic heterocycles. The number of oxazole rings is 1. The van der Waals surface area contributed by atoms with E-state index in [9.17, 15) is 13.6 Å². The molecule has 0 bridgehead atoms. The summed E-state index contributed by atoms with van der Waals surface area (Å²) in [7, 11) is 0. The molecular formula is C14H12F2N2O3. The van der Waals surface area contributed by atoms with Crippen molar-refractivity contribution < 1.29 is 23.1 Å². The molecule has 5 nitrogen and oxygen atoms in total.